The molecule has 3 aromatic rings. The van der Waals surface area contributed by atoms with Crippen LogP contribution >= 0.6 is 0 Å². The summed E-state index contributed by atoms with van der Waals surface area (Å²) in [6.45, 7) is 1.09. The van der Waals surface area contributed by atoms with E-state index in [1.165, 1.54) is 10.9 Å². The van der Waals surface area contributed by atoms with E-state index in [0.717, 1.165) is 10.9 Å². The van der Waals surface area contributed by atoms with E-state index in [9.17, 15) is 9.59 Å². The van der Waals surface area contributed by atoms with Gasteiger partial charge in [0.25, 0.3) is 5.91 Å². The van der Waals surface area contributed by atoms with Gasteiger partial charge in [0.05, 0.1) is 24.9 Å². The maximum atomic E-state index is 12.6. The maximum Gasteiger partial charge on any atom is 0.325 e. The molecule has 0 aliphatic heterocycles. The molecule has 136 valence electrons. The summed E-state index contributed by atoms with van der Waals surface area (Å²) >= 11 is 0. The Labute approximate surface area is 149 Å². The summed E-state index contributed by atoms with van der Waals surface area (Å²) in [4.78, 5) is 23.3. The highest BCUT2D eigenvalue weighted by Crippen LogP contribution is 2.21. The second-order valence-electron chi connectivity index (χ2n) is 5.73. The Balaban J connectivity index is 1.73. The molecule has 0 bridgehead atoms. The minimum atomic E-state index is -1.01. The molecule has 9 heteroatoms. The van der Waals surface area contributed by atoms with Crippen molar-refractivity contribution >= 4 is 22.8 Å². The van der Waals surface area contributed by atoms with Crippen molar-refractivity contribution in [2.45, 2.75) is 19.6 Å². The fourth-order valence-electron chi connectivity index (χ4n) is 2.70. The van der Waals surface area contributed by atoms with Crippen LogP contribution in [0.4, 0.5) is 0 Å². The van der Waals surface area contributed by atoms with Crippen molar-refractivity contribution in [2.24, 2.45) is 0 Å². The van der Waals surface area contributed by atoms with Crippen LogP contribution in [0.1, 0.15) is 16.1 Å². The first-order valence-corrected chi connectivity index (χ1v) is 8.04. The SMILES string of the molecule is COCCn1cc(C(=O)NCc2cn(CC(=O)O)nn2)c2ccccc21. The normalized spacial score (nSPS) is 11.0. The zero-order valence-electron chi connectivity index (χ0n) is 14.3. The standard InChI is InChI=1S/C17H19N5O4/c1-26-7-6-21-10-14(13-4-2-3-5-15(13)21)17(25)18-8-12-9-22(20-19-12)11-16(23)24/h2-5,9-10H,6-8,11H2,1H3,(H,18,25)(H,23,24). The van der Waals surface area contributed by atoms with Crippen molar-refractivity contribution in [3.63, 3.8) is 0 Å². The van der Waals surface area contributed by atoms with Gasteiger partial charge in [-0.2, -0.15) is 0 Å². The lowest BCUT2D eigenvalue weighted by molar-refractivity contribution is -0.137. The number of fused-ring (bicyclic) bond motifs is 1. The number of methoxy groups -OCH3 is 1. The number of carbonyl (C=O) groups excluding carboxylic acids is 1. The number of hydrogen-bond acceptors (Lipinski definition) is 5. The third kappa shape index (κ3) is 3.89. The summed E-state index contributed by atoms with van der Waals surface area (Å²) in [5.74, 6) is -1.24. The van der Waals surface area contributed by atoms with Gasteiger partial charge in [0.1, 0.15) is 12.2 Å². The van der Waals surface area contributed by atoms with E-state index in [-0.39, 0.29) is 19.0 Å². The van der Waals surface area contributed by atoms with Crippen LogP contribution < -0.4 is 5.32 Å². The summed E-state index contributed by atoms with van der Waals surface area (Å²) in [5.41, 5.74) is 2.01. The fourth-order valence-corrected chi connectivity index (χ4v) is 2.70. The molecule has 0 saturated carbocycles. The zero-order valence-corrected chi connectivity index (χ0v) is 14.3. The second-order valence-corrected chi connectivity index (χ2v) is 5.73. The van der Waals surface area contributed by atoms with E-state index in [2.05, 4.69) is 15.6 Å². The monoisotopic (exact) mass is 357 g/mol. The lowest BCUT2D eigenvalue weighted by Crippen LogP contribution is -2.22. The van der Waals surface area contributed by atoms with Gasteiger partial charge in [0.2, 0.25) is 0 Å². The molecule has 0 aliphatic rings. The van der Waals surface area contributed by atoms with Gasteiger partial charge in [-0.25, -0.2) is 4.68 Å². The third-order valence-corrected chi connectivity index (χ3v) is 3.88. The molecule has 1 amide bonds. The molecule has 0 radical (unpaired) electrons. The van der Waals surface area contributed by atoms with Crippen LogP contribution in [0.15, 0.2) is 36.7 Å². The number of benzene rings is 1. The smallest absolute Gasteiger partial charge is 0.325 e. The predicted octanol–water partition coefficient (Wildman–Crippen LogP) is 0.894. The third-order valence-electron chi connectivity index (χ3n) is 3.88. The largest absolute Gasteiger partial charge is 0.480 e. The molecule has 3 rings (SSSR count). The van der Waals surface area contributed by atoms with Crippen LogP contribution in [0.3, 0.4) is 0 Å². The Morgan fingerprint density at radius 1 is 1.27 bits per heavy atom. The highest BCUT2D eigenvalue weighted by molar-refractivity contribution is 6.06. The molecule has 2 heterocycles. The molecular formula is C17H19N5O4. The Bertz CT molecular complexity index is 930. The maximum absolute atomic E-state index is 12.6. The van der Waals surface area contributed by atoms with E-state index in [1.54, 1.807) is 13.3 Å². The number of hydrogen-bond donors (Lipinski definition) is 2. The number of carboxylic acid groups (broad SMARTS) is 1. The predicted molar refractivity (Wildman–Crippen MR) is 92.6 cm³/mol. The molecule has 9 nitrogen and oxygen atoms in total. The van der Waals surface area contributed by atoms with E-state index >= 15 is 0 Å². The van der Waals surface area contributed by atoms with Crippen molar-refractivity contribution in [3.8, 4) is 0 Å². The number of rotatable bonds is 8. The average molecular weight is 357 g/mol. The van der Waals surface area contributed by atoms with E-state index in [1.807, 2.05) is 28.8 Å². The lowest BCUT2D eigenvalue weighted by Gasteiger charge is -2.03. The van der Waals surface area contributed by atoms with Gasteiger partial charge in [-0.3, -0.25) is 9.59 Å². The summed E-state index contributed by atoms with van der Waals surface area (Å²) in [6, 6.07) is 7.67. The molecule has 2 aromatic heterocycles. The van der Waals surface area contributed by atoms with E-state index in [0.29, 0.717) is 24.4 Å². The first-order chi connectivity index (χ1) is 12.6. The van der Waals surface area contributed by atoms with Crippen LogP contribution in [0.2, 0.25) is 0 Å². The number of nitrogens with one attached hydrogen (secondary N) is 1. The quantitative estimate of drug-likeness (QED) is 0.619. The lowest BCUT2D eigenvalue weighted by atomic mass is 10.1. The summed E-state index contributed by atoms with van der Waals surface area (Å²) in [5, 5.41) is 20.0. The highest BCUT2D eigenvalue weighted by Gasteiger charge is 2.15. The van der Waals surface area contributed by atoms with Crippen molar-refractivity contribution in [1.82, 2.24) is 24.9 Å². The Morgan fingerprint density at radius 3 is 2.85 bits per heavy atom. The summed E-state index contributed by atoms with van der Waals surface area (Å²) < 4.78 is 8.31. The topological polar surface area (TPSA) is 111 Å². The Morgan fingerprint density at radius 2 is 2.08 bits per heavy atom. The molecule has 0 spiro atoms. The number of amides is 1. The van der Waals surface area contributed by atoms with E-state index in [4.69, 9.17) is 9.84 Å². The number of carboxylic acids is 1. The number of aromatic nitrogens is 4. The van der Waals surface area contributed by atoms with Gasteiger partial charge < -0.3 is 19.7 Å². The summed E-state index contributed by atoms with van der Waals surface area (Å²) in [7, 11) is 1.64. The van der Waals surface area contributed by atoms with Crippen molar-refractivity contribution in [3.05, 3.63) is 47.9 Å². The Hall–Kier alpha value is -3.20. The molecule has 0 atom stereocenters. The van der Waals surface area contributed by atoms with Gasteiger partial charge in [0.15, 0.2) is 0 Å². The van der Waals surface area contributed by atoms with Gasteiger partial charge in [0, 0.05) is 30.8 Å². The first-order valence-electron chi connectivity index (χ1n) is 8.04. The highest BCUT2D eigenvalue weighted by atomic mass is 16.5. The van der Waals surface area contributed by atoms with Crippen molar-refractivity contribution in [1.29, 1.82) is 0 Å². The zero-order chi connectivity index (χ0) is 18.5. The van der Waals surface area contributed by atoms with Crippen LogP contribution in [0.5, 0.6) is 0 Å². The van der Waals surface area contributed by atoms with Crippen LogP contribution in [0.25, 0.3) is 10.9 Å². The fraction of sp³-hybridized carbons (Fsp3) is 0.294. The summed E-state index contributed by atoms with van der Waals surface area (Å²) in [6.07, 6.45) is 3.30. The van der Waals surface area contributed by atoms with Crippen molar-refractivity contribution < 1.29 is 19.4 Å². The van der Waals surface area contributed by atoms with Gasteiger partial charge in [-0.05, 0) is 6.07 Å². The minimum absolute atomic E-state index is 0.163. The molecule has 0 fully saturated rings. The number of aliphatic carboxylic acids is 1. The van der Waals surface area contributed by atoms with Gasteiger partial charge in [-0.15, -0.1) is 5.10 Å². The molecule has 2 N–H and O–H groups in total. The van der Waals surface area contributed by atoms with Crippen LogP contribution in [-0.2, 0) is 29.2 Å². The van der Waals surface area contributed by atoms with Crippen LogP contribution in [-0.4, -0.2) is 50.3 Å². The Kier molecular flexibility index (Phi) is 5.28. The number of nitrogens with zero attached hydrogens (tertiary/aromatic N) is 4. The second kappa shape index (κ2) is 7.79. The number of carbonyl (C=O) groups is 2. The molecule has 0 saturated heterocycles. The van der Waals surface area contributed by atoms with Crippen molar-refractivity contribution in [2.75, 3.05) is 13.7 Å². The average Bonchev–Trinajstić information content (AvgIpc) is 3.22. The minimum Gasteiger partial charge on any atom is -0.480 e. The number of para-hydroxylation sites is 1. The molecular weight excluding hydrogens is 338 g/mol. The molecule has 26 heavy (non-hydrogen) atoms. The number of ether oxygens (including phenoxy) is 1. The van der Waals surface area contributed by atoms with Gasteiger partial charge in [-0.1, -0.05) is 23.4 Å². The molecule has 0 unspecified atom stereocenters. The molecule has 0 aliphatic carbocycles. The van der Waals surface area contributed by atoms with E-state index < -0.39 is 5.97 Å². The van der Waals surface area contributed by atoms with Crippen LogP contribution in [0, 0.1) is 0 Å². The molecule has 1 aromatic carbocycles. The van der Waals surface area contributed by atoms with Gasteiger partial charge >= 0.3 is 5.97 Å². The first kappa shape index (κ1) is 17.6.